The Hall–Kier alpha value is -1.59. The SMILES string of the molecule is Nc1ccc2nc(C3COCCO3)[nH]c2c1. The first-order valence-electron chi connectivity index (χ1n) is 5.27. The van der Waals surface area contributed by atoms with E-state index in [0.717, 1.165) is 22.5 Å². The van der Waals surface area contributed by atoms with Gasteiger partial charge < -0.3 is 20.2 Å². The van der Waals surface area contributed by atoms with Crippen LogP contribution in [0.3, 0.4) is 0 Å². The lowest BCUT2D eigenvalue weighted by atomic mass is 10.3. The Bertz CT molecular complexity index is 503. The fourth-order valence-corrected chi connectivity index (χ4v) is 1.85. The van der Waals surface area contributed by atoms with Crippen molar-refractivity contribution in [3.05, 3.63) is 24.0 Å². The molecule has 1 atom stereocenters. The van der Waals surface area contributed by atoms with Gasteiger partial charge in [-0.1, -0.05) is 0 Å². The molecule has 2 aromatic rings. The number of imidazole rings is 1. The minimum atomic E-state index is -0.0950. The minimum Gasteiger partial charge on any atom is -0.399 e. The van der Waals surface area contributed by atoms with E-state index in [4.69, 9.17) is 15.2 Å². The molecule has 84 valence electrons. The van der Waals surface area contributed by atoms with Gasteiger partial charge in [0.15, 0.2) is 0 Å². The van der Waals surface area contributed by atoms with Crippen LogP contribution in [0.5, 0.6) is 0 Å². The molecule has 0 aliphatic carbocycles. The number of H-pyrrole nitrogens is 1. The Labute approximate surface area is 92.6 Å². The number of nitrogen functional groups attached to an aromatic ring is 1. The first-order valence-corrected chi connectivity index (χ1v) is 5.27. The monoisotopic (exact) mass is 219 g/mol. The van der Waals surface area contributed by atoms with Crippen molar-refractivity contribution in [2.75, 3.05) is 25.6 Å². The number of nitrogens with one attached hydrogen (secondary N) is 1. The summed E-state index contributed by atoms with van der Waals surface area (Å²) in [4.78, 5) is 7.67. The molecule has 1 aliphatic heterocycles. The third kappa shape index (κ3) is 1.64. The van der Waals surface area contributed by atoms with E-state index in [0.29, 0.717) is 19.8 Å². The number of rotatable bonds is 1. The van der Waals surface area contributed by atoms with Crippen LogP contribution in [-0.2, 0) is 9.47 Å². The number of hydrogen-bond donors (Lipinski definition) is 2. The van der Waals surface area contributed by atoms with E-state index in [1.165, 1.54) is 0 Å². The lowest BCUT2D eigenvalue weighted by Gasteiger charge is -2.20. The molecule has 0 saturated carbocycles. The van der Waals surface area contributed by atoms with Gasteiger partial charge in [0.05, 0.1) is 30.9 Å². The highest BCUT2D eigenvalue weighted by Gasteiger charge is 2.19. The molecule has 5 heteroatoms. The average molecular weight is 219 g/mol. The molecule has 1 saturated heterocycles. The predicted molar refractivity (Wildman–Crippen MR) is 60.0 cm³/mol. The van der Waals surface area contributed by atoms with Gasteiger partial charge in [-0.05, 0) is 18.2 Å². The summed E-state index contributed by atoms with van der Waals surface area (Å²) in [6.45, 7) is 1.82. The van der Waals surface area contributed by atoms with E-state index in [2.05, 4.69) is 9.97 Å². The summed E-state index contributed by atoms with van der Waals surface area (Å²) in [7, 11) is 0. The maximum Gasteiger partial charge on any atom is 0.138 e. The van der Waals surface area contributed by atoms with Gasteiger partial charge >= 0.3 is 0 Å². The van der Waals surface area contributed by atoms with Crippen molar-refractivity contribution >= 4 is 16.7 Å². The van der Waals surface area contributed by atoms with Gasteiger partial charge in [0.1, 0.15) is 11.9 Å². The van der Waals surface area contributed by atoms with Gasteiger partial charge in [0.2, 0.25) is 0 Å². The van der Waals surface area contributed by atoms with Crippen LogP contribution in [0.2, 0.25) is 0 Å². The normalized spacial score (nSPS) is 21.4. The molecule has 16 heavy (non-hydrogen) atoms. The molecule has 0 amide bonds. The number of fused-ring (bicyclic) bond motifs is 1. The number of aromatic nitrogens is 2. The van der Waals surface area contributed by atoms with Crippen molar-refractivity contribution in [3.8, 4) is 0 Å². The second-order valence-electron chi connectivity index (χ2n) is 3.83. The third-order valence-corrected chi connectivity index (χ3v) is 2.65. The molecular weight excluding hydrogens is 206 g/mol. The van der Waals surface area contributed by atoms with E-state index < -0.39 is 0 Å². The number of ether oxygens (including phenoxy) is 2. The first-order chi connectivity index (χ1) is 7.83. The van der Waals surface area contributed by atoms with Gasteiger partial charge in [-0.2, -0.15) is 0 Å². The van der Waals surface area contributed by atoms with Crippen molar-refractivity contribution in [2.45, 2.75) is 6.10 Å². The van der Waals surface area contributed by atoms with E-state index >= 15 is 0 Å². The highest BCUT2D eigenvalue weighted by molar-refractivity contribution is 5.78. The number of aromatic amines is 1. The summed E-state index contributed by atoms with van der Waals surface area (Å²) in [5, 5.41) is 0. The maximum atomic E-state index is 5.71. The predicted octanol–water partition coefficient (Wildman–Crippen LogP) is 1.23. The Balaban J connectivity index is 1.97. The van der Waals surface area contributed by atoms with Crippen molar-refractivity contribution in [2.24, 2.45) is 0 Å². The number of nitrogens with zero attached hydrogens (tertiary/aromatic N) is 1. The van der Waals surface area contributed by atoms with E-state index in [1.54, 1.807) is 0 Å². The molecular formula is C11H13N3O2. The topological polar surface area (TPSA) is 73.2 Å². The van der Waals surface area contributed by atoms with Crippen molar-refractivity contribution < 1.29 is 9.47 Å². The Morgan fingerprint density at radius 1 is 1.38 bits per heavy atom. The zero-order chi connectivity index (χ0) is 11.0. The minimum absolute atomic E-state index is 0.0950. The van der Waals surface area contributed by atoms with Gasteiger partial charge in [0, 0.05) is 5.69 Å². The smallest absolute Gasteiger partial charge is 0.138 e. The van der Waals surface area contributed by atoms with Crippen LogP contribution in [0.15, 0.2) is 18.2 Å². The maximum absolute atomic E-state index is 5.71. The van der Waals surface area contributed by atoms with Crippen LogP contribution in [-0.4, -0.2) is 29.8 Å². The van der Waals surface area contributed by atoms with Crippen LogP contribution in [0.1, 0.15) is 11.9 Å². The molecule has 1 fully saturated rings. The zero-order valence-corrected chi connectivity index (χ0v) is 8.77. The van der Waals surface area contributed by atoms with E-state index in [1.807, 2.05) is 18.2 Å². The molecule has 1 unspecified atom stereocenters. The molecule has 2 heterocycles. The summed E-state index contributed by atoms with van der Waals surface area (Å²) in [6, 6.07) is 5.61. The van der Waals surface area contributed by atoms with Gasteiger partial charge in [-0.15, -0.1) is 0 Å². The molecule has 1 aliphatic rings. The number of benzene rings is 1. The third-order valence-electron chi connectivity index (χ3n) is 2.65. The second kappa shape index (κ2) is 3.77. The van der Waals surface area contributed by atoms with Gasteiger partial charge in [-0.3, -0.25) is 0 Å². The lowest BCUT2D eigenvalue weighted by Crippen LogP contribution is -2.22. The van der Waals surface area contributed by atoms with Gasteiger partial charge in [0.25, 0.3) is 0 Å². The zero-order valence-electron chi connectivity index (χ0n) is 8.77. The summed E-state index contributed by atoms with van der Waals surface area (Å²) in [6.07, 6.45) is -0.0950. The second-order valence-corrected chi connectivity index (χ2v) is 3.83. The largest absolute Gasteiger partial charge is 0.399 e. The van der Waals surface area contributed by atoms with Crippen LogP contribution in [0, 0.1) is 0 Å². The summed E-state index contributed by atoms with van der Waals surface area (Å²) in [5.74, 6) is 0.806. The number of nitrogens with two attached hydrogens (primary N) is 1. The highest BCUT2D eigenvalue weighted by atomic mass is 16.6. The molecule has 5 nitrogen and oxygen atoms in total. The molecule has 3 rings (SSSR count). The van der Waals surface area contributed by atoms with Crippen molar-refractivity contribution in [3.63, 3.8) is 0 Å². The van der Waals surface area contributed by atoms with Crippen LogP contribution >= 0.6 is 0 Å². The summed E-state index contributed by atoms with van der Waals surface area (Å²) >= 11 is 0. The van der Waals surface area contributed by atoms with Crippen LogP contribution < -0.4 is 5.73 Å². The van der Waals surface area contributed by atoms with Crippen LogP contribution in [0.25, 0.3) is 11.0 Å². The van der Waals surface area contributed by atoms with Crippen molar-refractivity contribution in [1.29, 1.82) is 0 Å². The fourth-order valence-electron chi connectivity index (χ4n) is 1.85. The van der Waals surface area contributed by atoms with E-state index in [-0.39, 0.29) is 6.10 Å². The molecule has 1 aromatic carbocycles. The number of hydrogen-bond acceptors (Lipinski definition) is 4. The Morgan fingerprint density at radius 3 is 3.12 bits per heavy atom. The van der Waals surface area contributed by atoms with Crippen LogP contribution in [0.4, 0.5) is 5.69 Å². The first kappa shape index (κ1) is 9.62. The quantitative estimate of drug-likeness (QED) is 0.707. The standard InChI is InChI=1S/C11H13N3O2/c12-7-1-2-8-9(5-7)14-11(13-8)10-6-15-3-4-16-10/h1-2,5,10H,3-4,6,12H2,(H,13,14). The summed E-state index contributed by atoms with van der Waals surface area (Å²) in [5.41, 5.74) is 8.27. The molecule has 0 radical (unpaired) electrons. The van der Waals surface area contributed by atoms with Crippen molar-refractivity contribution in [1.82, 2.24) is 9.97 Å². The Morgan fingerprint density at radius 2 is 2.31 bits per heavy atom. The van der Waals surface area contributed by atoms with E-state index in [9.17, 15) is 0 Å². The highest BCUT2D eigenvalue weighted by Crippen LogP contribution is 2.22. The Kier molecular flexibility index (Phi) is 2.27. The number of anilines is 1. The van der Waals surface area contributed by atoms with Gasteiger partial charge in [-0.25, -0.2) is 4.98 Å². The molecule has 0 spiro atoms. The molecule has 0 bridgehead atoms. The molecule has 1 aromatic heterocycles. The average Bonchev–Trinajstić information content (AvgIpc) is 2.73. The fraction of sp³-hybridized carbons (Fsp3) is 0.364. The molecule has 3 N–H and O–H groups in total. The summed E-state index contributed by atoms with van der Waals surface area (Å²) < 4.78 is 10.9. The lowest BCUT2D eigenvalue weighted by molar-refractivity contribution is -0.0931.